The standard InChI is InChI=1S/C15H17NO4S/c17-13(16-15(14(18)19)6-8-21-9-15)12-11-4-2-1-3-10(11)5-7-20-12/h1-4,12H,5-9H2,(H,16,17)(H,18,19)/t12-,15+/m1/s1. The first-order valence-electron chi connectivity index (χ1n) is 6.95. The summed E-state index contributed by atoms with van der Waals surface area (Å²) in [5.41, 5.74) is 0.777. The third-order valence-corrected chi connectivity index (χ3v) is 5.21. The minimum Gasteiger partial charge on any atom is -0.479 e. The van der Waals surface area contributed by atoms with Gasteiger partial charge in [-0.25, -0.2) is 4.79 Å². The Morgan fingerprint density at radius 3 is 2.90 bits per heavy atom. The quantitative estimate of drug-likeness (QED) is 0.882. The van der Waals surface area contributed by atoms with E-state index in [1.165, 1.54) is 0 Å². The van der Waals surface area contributed by atoms with Gasteiger partial charge in [-0.05, 0) is 29.7 Å². The van der Waals surface area contributed by atoms with Crippen LogP contribution in [0.2, 0.25) is 0 Å². The number of ether oxygens (including phenoxy) is 1. The number of carbonyl (C=O) groups is 2. The molecule has 2 aliphatic heterocycles. The average Bonchev–Trinajstić information content (AvgIpc) is 2.96. The second-order valence-corrected chi connectivity index (χ2v) is 6.48. The minimum atomic E-state index is -1.16. The van der Waals surface area contributed by atoms with Crippen LogP contribution in [0.5, 0.6) is 0 Å². The van der Waals surface area contributed by atoms with Crippen LogP contribution in [-0.4, -0.2) is 40.6 Å². The maximum Gasteiger partial charge on any atom is 0.330 e. The van der Waals surface area contributed by atoms with E-state index in [4.69, 9.17) is 4.74 Å². The van der Waals surface area contributed by atoms with E-state index in [2.05, 4.69) is 5.32 Å². The summed E-state index contributed by atoms with van der Waals surface area (Å²) in [4.78, 5) is 24.0. The van der Waals surface area contributed by atoms with Crippen LogP contribution < -0.4 is 5.32 Å². The number of fused-ring (bicyclic) bond motifs is 1. The maximum atomic E-state index is 12.5. The molecule has 6 heteroatoms. The minimum absolute atomic E-state index is 0.355. The Morgan fingerprint density at radius 2 is 2.19 bits per heavy atom. The van der Waals surface area contributed by atoms with Gasteiger partial charge in [0.25, 0.3) is 5.91 Å². The van der Waals surface area contributed by atoms with Crippen molar-refractivity contribution in [1.29, 1.82) is 0 Å². The number of carboxylic acid groups (broad SMARTS) is 1. The molecule has 1 aromatic rings. The predicted molar refractivity (Wildman–Crippen MR) is 79.3 cm³/mol. The fraction of sp³-hybridized carbons (Fsp3) is 0.467. The van der Waals surface area contributed by atoms with Crippen molar-refractivity contribution >= 4 is 23.6 Å². The van der Waals surface area contributed by atoms with Crippen molar-refractivity contribution < 1.29 is 19.4 Å². The number of carbonyl (C=O) groups excluding carboxylic acids is 1. The molecule has 3 rings (SSSR count). The van der Waals surface area contributed by atoms with Crippen LogP contribution in [0.4, 0.5) is 0 Å². The van der Waals surface area contributed by atoms with Gasteiger partial charge < -0.3 is 15.2 Å². The smallest absolute Gasteiger partial charge is 0.330 e. The lowest BCUT2D eigenvalue weighted by molar-refractivity contribution is -0.149. The molecule has 5 nitrogen and oxygen atoms in total. The van der Waals surface area contributed by atoms with E-state index in [1.807, 2.05) is 24.3 Å². The molecule has 1 aromatic carbocycles. The molecule has 1 saturated heterocycles. The summed E-state index contributed by atoms with van der Waals surface area (Å²) in [7, 11) is 0. The molecule has 0 aromatic heterocycles. The Hall–Kier alpha value is -1.53. The molecule has 0 radical (unpaired) electrons. The zero-order valence-electron chi connectivity index (χ0n) is 11.5. The highest BCUT2D eigenvalue weighted by molar-refractivity contribution is 7.99. The molecule has 0 bridgehead atoms. The summed E-state index contributed by atoms with van der Waals surface area (Å²) < 4.78 is 5.59. The molecule has 2 atom stereocenters. The number of carboxylic acids is 1. The molecule has 112 valence electrons. The molecule has 0 aliphatic carbocycles. The zero-order valence-corrected chi connectivity index (χ0v) is 12.3. The lowest BCUT2D eigenvalue weighted by Gasteiger charge is -2.30. The first-order valence-corrected chi connectivity index (χ1v) is 8.10. The van der Waals surface area contributed by atoms with Crippen molar-refractivity contribution in [2.24, 2.45) is 0 Å². The van der Waals surface area contributed by atoms with Crippen LogP contribution in [0.3, 0.4) is 0 Å². The van der Waals surface area contributed by atoms with Gasteiger partial charge in [-0.1, -0.05) is 24.3 Å². The van der Waals surface area contributed by atoms with Gasteiger partial charge in [0.15, 0.2) is 6.10 Å². The third-order valence-electron chi connectivity index (χ3n) is 4.03. The molecule has 1 fully saturated rings. The zero-order chi connectivity index (χ0) is 14.9. The van der Waals surface area contributed by atoms with Crippen LogP contribution in [0.15, 0.2) is 24.3 Å². The molecule has 0 unspecified atom stereocenters. The summed E-state index contributed by atoms with van der Waals surface area (Å²) in [6.07, 6.45) is 0.518. The topological polar surface area (TPSA) is 75.6 Å². The number of nitrogens with one attached hydrogen (secondary N) is 1. The van der Waals surface area contributed by atoms with E-state index in [0.29, 0.717) is 18.8 Å². The molecule has 2 heterocycles. The second kappa shape index (κ2) is 5.69. The van der Waals surface area contributed by atoms with Crippen molar-refractivity contribution in [3.63, 3.8) is 0 Å². The highest BCUT2D eigenvalue weighted by atomic mass is 32.2. The Labute approximate surface area is 127 Å². The Morgan fingerprint density at radius 1 is 1.38 bits per heavy atom. The lowest BCUT2D eigenvalue weighted by atomic mass is 9.94. The normalized spacial score (nSPS) is 27.9. The van der Waals surface area contributed by atoms with E-state index >= 15 is 0 Å². The van der Waals surface area contributed by atoms with E-state index in [-0.39, 0.29) is 5.91 Å². The van der Waals surface area contributed by atoms with Gasteiger partial charge in [0.1, 0.15) is 5.54 Å². The average molecular weight is 307 g/mol. The second-order valence-electron chi connectivity index (χ2n) is 5.38. The van der Waals surface area contributed by atoms with E-state index in [9.17, 15) is 14.7 Å². The summed E-state index contributed by atoms with van der Waals surface area (Å²) >= 11 is 1.55. The highest BCUT2D eigenvalue weighted by Gasteiger charge is 2.45. The van der Waals surface area contributed by atoms with Gasteiger partial charge in [-0.3, -0.25) is 4.79 Å². The van der Waals surface area contributed by atoms with E-state index < -0.39 is 17.6 Å². The van der Waals surface area contributed by atoms with Crippen molar-refractivity contribution in [2.75, 3.05) is 18.1 Å². The largest absolute Gasteiger partial charge is 0.479 e. The SMILES string of the molecule is O=C(N[C@@]1(C(=O)O)CCSC1)[C@@H]1OCCc2ccccc21. The van der Waals surface area contributed by atoms with E-state index in [1.54, 1.807) is 11.8 Å². The highest BCUT2D eigenvalue weighted by Crippen LogP contribution is 2.31. The Kier molecular flexibility index (Phi) is 3.91. The van der Waals surface area contributed by atoms with Crippen molar-refractivity contribution in [3.05, 3.63) is 35.4 Å². The molecule has 0 spiro atoms. The van der Waals surface area contributed by atoms with Gasteiger partial charge >= 0.3 is 5.97 Å². The lowest BCUT2D eigenvalue weighted by Crippen LogP contribution is -2.56. The number of thioether (sulfide) groups is 1. The van der Waals surface area contributed by atoms with Gasteiger partial charge in [-0.15, -0.1) is 0 Å². The molecule has 2 aliphatic rings. The number of hydrogen-bond acceptors (Lipinski definition) is 4. The van der Waals surface area contributed by atoms with Crippen molar-refractivity contribution in [3.8, 4) is 0 Å². The number of aliphatic carboxylic acids is 1. The molecular formula is C15H17NO4S. The van der Waals surface area contributed by atoms with Crippen LogP contribution in [0, 0.1) is 0 Å². The summed E-state index contributed by atoms with van der Waals surface area (Å²) in [5, 5.41) is 12.2. The summed E-state index contributed by atoms with van der Waals surface area (Å²) in [6.45, 7) is 0.476. The number of amides is 1. The fourth-order valence-corrected chi connectivity index (χ4v) is 4.12. The first-order chi connectivity index (χ1) is 10.1. The monoisotopic (exact) mass is 307 g/mol. The molecule has 21 heavy (non-hydrogen) atoms. The molecule has 1 amide bonds. The summed E-state index contributed by atoms with van der Waals surface area (Å²) in [6, 6.07) is 7.66. The van der Waals surface area contributed by atoms with Gasteiger partial charge in [0.05, 0.1) is 6.61 Å². The Bertz CT molecular complexity index is 569. The van der Waals surface area contributed by atoms with Crippen LogP contribution >= 0.6 is 11.8 Å². The first kappa shape index (κ1) is 14.4. The third kappa shape index (κ3) is 2.65. The van der Waals surface area contributed by atoms with Crippen LogP contribution in [0.1, 0.15) is 23.7 Å². The molecule has 2 N–H and O–H groups in total. The van der Waals surface area contributed by atoms with Gasteiger partial charge in [-0.2, -0.15) is 11.8 Å². The Balaban J connectivity index is 1.82. The molecular weight excluding hydrogens is 290 g/mol. The summed E-state index contributed by atoms with van der Waals surface area (Å²) in [5.74, 6) is -0.172. The number of rotatable bonds is 3. The number of hydrogen-bond donors (Lipinski definition) is 2. The van der Waals surface area contributed by atoms with E-state index in [0.717, 1.165) is 23.3 Å². The molecule has 0 saturated carbocycles. The predicted octanol–water partition coefficient (Wildman–Crippen LogP) is 1.38. The fourth-order valence-electron chi connectivity index (χ4n) is 2.80. The van der Waals surface area contributed by atoms with Crippen LogP contribution in [0.25, 0.3) is 0 Å². The van der Waals surface area contributed by atoms with Crippen LogP contribution in [-0.2, 0) is 20.7 Å². The van der Waals surface area contributed by atoms with Gasteiger partial charge in [0.2, 0.25) is 0 Å². The van der Waals surface area contributed by atoms with Crippen molar-refractivity contribution in [1.82, 2.24) is 5.32 Å². The van der Waals surface area contributed by atoms with Crippen molar-refractivity contribution in [2.45, 2.75) is 24.5 Å². The number of benzene rings is 1. The maximum absolute atomic E-state index is 12.5. The van der Waals surface area contributed by atoms with Gasteiger partial charge in [0, 0.05) is 5.75 Å².